The standard InChI is InChI=1S/C15H15F3N4O2.ClH/c1-7-8(2)21-22-14(24)12(7)13(23)20-11-4-9(6-19)3-10(5-11)15(16,17)18;/h3-5H,6,19H2,1-2H3,(H,20,23)(H,22,24);1H. The minimum Gasteiger partial charge on any atom is -0.326 e. The normalized spacial score (nSPS) is 11.0. The minimum atomic E-state index is -4.58. The van der Waals surface area contributed by atoms with Gasteiger partial charge >= 0.3 is 6.18 Å². The molecule has 0 aliphatic rings. The predicted molar refractivity (Wildman–Crippen MR) is 88.9 cm³/mol. The number of hydrogen-bond acceptors (Lipinski definition) is 4. The Balaban J connectivity index is 0.00000312. The van der Waals surface area contributed by atoms with Crippen LogP contribution in [-0.2, 0) is 12.7 Å². The van der Waals surface area contributed by atoms with Crippen molar-refractivity contribution in [1.29, 1.82) is 0 Å². The Hall–Kier alpha value is -2.39. The quantitative estimate of drug-likeness (QED) is 0.766. The van der Waals surface area contributed by atoms with Gasteiger partial charge in [0.2, 0.25) is 0 Å². The number of aryl methyl sites for hydroxylation is 1. The number of nitrogens with zero attached hydrogens (tertiary/aromatic N) is 1. The second-order valence-corrected chi connectivity index (χ2v) is 5.21. The molecule has 0 aliphatic carbocycles. The molecule has 0 atom stereocenters. The van der Waals surface area contributed by atoms with Gasteiger partial charge in [-0.15, -0.1) is 12.4 Å². The van der Waals surface area contributed by atoms with Gasteiger partial charge in [0.25, 0.3) is 11.5 Å². The number of aromatic amines is 1. The lowest BCUT2D eigenvalue weighted by molar-refractivity contribution is -0.137. The van der Waals surface area contributed by atoms with Crippen molar-refractivity contribution in [3.8, 4) is 0 Å². The molecule has 0 saturated carbocycles. The van der Waals surface area contributed by atoms with Gasteiger partial charge in [0.15, 0.2) is 0 Å². The third-order valence-corrected chi connectivity index (χ3v) is 3.51. The summed E-state index contributed by atoms with van der Waals surface area (Å²) in [6.07, 6.45) is -4.58. The summed E-state index contributed by atoms with van der Waals surface area (Å²) in [5.41, 5.74) is 4.44. The number of nitrogens with two attached hydrogens (primary N) is 1. The summed E-state index contributed by atoms with van der Waals surface area (Å²) in [7, 11) is 0. The summed E-state index contributed by atoms with van der Waals surface area (Å²) in [5.74, 6) is -0.818. The van der Waals surface area contributed by atoms with Gasteiger partial charge in [-0.05, 0) is 43.2 Å². The second-order valence-electron chi connectivity index (χ2n) is 5.21. The molecule has 4 N–H and O–H groups in total. The third-order valence-electron chi connectivity index (χ3n) is 3.51. The smallest absolute Gasteiger partial charge is 0.326 e. The molecule has 1 aromatic heterocycles. The molecule has 1 heterocycles. The summed E-state index contributed by atoms with van der Waals surface area (Å²) in [6, 6.07) is 3.02. The van der Waals surface area contributed by atoms with Crippen LogP contribution in [-0.4, -0.2) is 16.1 Å². The first-order valence-corrected chi connectivity index (χ1v) is 6.92. The maximum Gasteiger partial charge on any atom is 0.416 e. The van der Waals surface area contributed by atoms with Crippen LogP contribution in [0.4, 0.5) is 18.9 Å². The number of nitrogens with one attached hydrogen (secondary N) is 2. The van der Waals surface area contributed by atoms with E-state index in [-0.39, 0.29) is 35.8 Å². The molecule has 1 aromatic carbocycles. The highest BCUT2D eigenvalue weighted by atomic mass is 35.5. The van der Waals surface area contributed by atoms with Crippen LogP contribution in [0, 0.1) is 13.8 Å². The lowest BCUT2D eigenvalue weighted by atomic mass is 10.1. The molecule has 2 aromatic rings. The first kappa shape index (κ1) is 20.7. The fraction of sp³-hybridized carbons (Fsp3) is 0.267. The number of hydrogen-bond donors (Lipinski definition) is 3. The number of carbonyl (C=O) groups is 1. The van der Waals surface area contributed by atoms with Gasteiger partial charge in [0.05, 0.1) is 11.3 Å². The average molecular weight is 377 g/mol. The highest BCUT2D eigenvalue weighted by Gasteiger charge is 2.31. The number of rotatable bonds is 3. The zero-order valence-electron chi connectivity index (χ0n) is 13.3. The van der Waals surface area contributed by atoms with Gasteiger partial charge in [-0.1, -0.05) is 0 Å². The van der Waals surface area contributed by atoms with Crippen molar-refractivity contribution in [3.05, 3.63) is 56.5 Å². The Labute approximate surface area is 147 Å². The molecule has 1 amide bonds. The highest BCUT2D eigenvalue weighted by molar-refractivity contribution is 6.05. The summed E-state index contributed by atoms with van der Waals surface area (Å²) in [4.78, 5) is 24.1. The van der Waals surface area contributed by atoms with Crippen molar-refractivity contribution in [2.45, 2.75) is 26.6 Å². The van der Waals surface area contributed by atoms with Crippen LogP contribution in [0.3, 0.4) is 0 Å². The Kier molecular flexibility index (Phi) is 6.33. The van der Waals surface area contributed by atoms with Gasteiger partial charge in [-0.25, -0.2) is 5.10 Å². The summed E-state index contributed by atoms with van der Waals surface area (Å²) in [5, 5.41) is 8.20. The van der Waals surface area contributed by atoms with E-state index >= 15 is 0 Å². The molecule has 0 unspecified atom stereocenters. The largest absolute Gasteiger partial charge is 0.416 e. The number of anilines is 1. The van der Waals surface area contributed by atoms with E-state index in [1.807, 2.05) is 0 Å². The topological polar surface area (TPSA) is 101 Å². The van der Waals surface area contributed by atoms with Crippen LogP contribution in [0.5, 0.6) is 0 Å². The second kappa shape index (κ2) is 7.66. The van der Waals surface area contributed by atoms with E-state index in [1.165, 1.54) is 13.0 Å². The molecule has 0 fully saturated rings. The van der Waals surface area contributed by atoms with Crippen molar-refractivity contribution in [2.75, 3.05) is 5.32 Å². The minimum absolute atomic E-state index is 0. The Morgan fingerprint density at radius 1 is 1.28 bits per heavy atom. The highest BCUT2D eigenvalue weighted by Crippen LogP contribution is 2.32. The SMILES string of the molecule is Cc1n[nH]c(=O)c(C(=O)Nc2cc(CN)cc(C(F)(F)F)c2)c1C.Cl. The molecule has 6 nitrogen and oxygen atoms in total. The number of benzene rings is 1. The molecule has 0 aliphatic heterocycles. The maximum absolute atomic E-state index is 12.9. The molecule has 2 rings (SSSR count). The van der Waals surface area contributed by atoms with Crippen molar-refractivity contribution < 1.29 is 18.0 Å². The van der Waals surface area contributed by atoms with E-state index in [1.54, 1.807) is 6.92 Å². The first-order chi connectivity index (χ1) is 11.1. The number of aromatic nitrogens is 2. The zero-order chi connectivity index (χ0) is 18.1. The van der Waals surface area contributed by atoms with Crippen LogP contribution >= 0.6 is 12.4 Å². The molecular formula is C15H16ClF3N4O2. The number of amides is 1. The average Bonchev–Trinajstić information content (AvgIpc) is 2.50. The molecular weight excluding hydrogens is 361 g/mol. The van der Waals surface area contributed by atoms with Crippen LogP contribution in [0.15, 0.2) is 23.0 Å². The lowest BCUT2D eigenvalue weighted by Crippen LogP contribution is -2.26. The van der Waals surface area contributed by atoms with E-state index < -0.39 is 23.2 Å². The van der Waals surface area contributed by atoms with E-state index in [4.69, 9.17) is 5.73 Å². The molecule has 0 spiro atoms. The van der Waals surface area contributed by atoms with Gasteiger partial charge in [-0.2, -0.15) is 18.3 Å². The Morgan fingerprint density at radius 2 is 1.92 bits per heavy atom. The molecule has 0 saturated heterocycles. The number of H-pyrrole nitrogens is 1. The fourth-order valence-corrected chi connectivity index (χ4v) is 2.14. The van der Waals surface area contributed by atoms with Crippen molar-refractivity contribution in [1.82, 2.24) is 10.2 Å². The fourth-order valence-electron chi connectivity index (χ4n) is 2.14. The van der Waals surface area contributed by atoms with Crippen molar-refractivity contribution in [3.63, 3.8) is 0 Å². The monoisotopic (exact) mass is 376 g/mol. The molecule has 10 heteroatoms. The zero-order valence-corrected chi connectivity index (χ0v) is 14.1. The number of carbonyl (C=O) groups excluding carboxylic acids is 1. The number of halogens is 4. The summed E-state index contributed by atoms with van der Waals surface area (Å²) < 4.78 is 38.7. The van der Waals surface area contributed by atoms with Gasteiger partial charge in [-0.3, -0.25) is 9.59 Å². The summed E-state index contributed by atoms with van der Waals surface area (Å²) >= 11 is 0. The van der Waals surface area contributed by atoms with Crippen molar-refractivity contribution >= 4 is 24.0 Å². The maximum atomic E-state index is 12.9. The van der Waals surface area contributed by atoms with Gasteiger partial charge < -0.3 is 11.1 Å². The van der Waals surface area contributed by atoms with Crippen LogP contribution < -0.4 is 16.6 Å². The van der Waals surface area contributed by atoms with Gasteiger partial charge in [0, 0.05) is 12.2 Å². The molecule has 136 valence electrons. The van der Waals surface area contributed by atoms with Gasteiger partial charge in [0.1, 0.15) is 5.56 Å². The van der Waals surface area contributed by atoms with Crippen LogP contribution in [0.25, 0.3) is 0 Å². The van der Waals surface area contributed by atoms with Crippen molar-refractivity contribution in [2.24, 2.45) is 5.73 Å². The van der Waals surface area contributed by atoms with E-state index in [2.05, 4.69) is 15.5 Å². The third kappa shape index (κ3) is 4.58. The van der Waals surface area contributed by atoms with Crippen LogP contribution in [0.2, 0.25) is 0 Å². The van der Waals surface area contributed by atoms with E-state index in [9.17, 15) is 22.8 Å². The first-order valence-electron chi connectivity index (χ1n) is 6.92. The van der Waals surface area contributed by atoms with E-state index in [0.29, 0.717) is 11.3 Å². The van der Waals surface area contributed by atoms with E-state index in [0.717, 1.165) is 12.1 Å². The molecule has 0 radical (unpaired) electrons. The summed E-state index contributed by atoms with van der Waals surface area (Å²) in [6.45, 7) is 3.00. The van der Waals surface area contributed by atoms with Crippen LogP contribution in [0.1, 0.15) is 32.7 Å². The Bertz CT molecular complexity index is 850. The number of alkyl halides is 3. The molecule has 0 bridgehead atoms. The lowest BCUT2D eigenvalue weighted by Gasteiger charge is -2.13. The molecule has 25 heavy (non-hydrogen) atoms. The Morgan fingerprint density at radius 3 is 2.48 bits per heavy atom. The predicted octanol–water partition coefficient (Wildman–Crippen LogP) is 2.54.